The molecular formula is C26H27N7O. The Kier molecular flexibility index (Phi) is 5.16. The van der Waals surface area contributed by atoms with Crippen molar-refractivity contribution in [2.45, 2.75) is 41.0 Å². The number of aromatic amines is 1. The van der Waals surface area contributed by atoms with Crippen LogP contribution in [0.15, 0.2) is 36.8 Å². The van der Waals surface area contributed by atoms with Gasteiger partial charge in [-0.15, -0.1) is 0 Å². The van der Waals surface area contributed by atoms with E-state index < -0.39 is 0 Å². The van der Waals surface area contributed by atoms with Gasteiger partial charge in [-0.3, -0.25) is 19.4 Å². The number of rotatable bonds is 4. The number of anilines is 2. The summed E-state index contributed by atoms with van der Waals surface area (Å²) in [7, 11) is 1.86. The van der Waals surface area contributed by atoms with Gasteiger partial charge in [-0.2, -0.15) is 5.10 Å². The van der Waals surface area contributed by atoms with Crippen molar-refractivity contribution in [1.82, 2.24) is 29.7 Å². The summed E-state index contributed by atoms with van der Waals surface area (Å²) in [4.78, 5) is 31.7. The second-order valence-electron chi connectivity index (χ2n) is 8.72. The van der Waals surface area contributed by atoms with E-state index in [0.29, 0.717) is 5.65 Å². The lowest BCUT2D eigenvalue weighted by atomic mass is 9.95. The summed E-state index contributed by atoms with van der Waals surface area (Å²) in [5.74, 6) is 0.753. The van der Waals surface area contributed by atoms with Crippen LogP contribution in [0.1, 0.15) is 36.5 Å². The van der Waals surface area contributed by atoms with Gasteiger partial charge in [-0.25, -0.2) is 9.97 Å². The summed E-state index contributed by atoms with van der Waals surface area (Å²) in [5, 5.41) is 5.37. The van der Waals surface area contributed by atoms with Gasteiger partial charge in [0.2, 0.25) is 5.91 Å². The molecule has 0 bridgehead atoms. The number of H-pyrrole nitrogens is 1. The number of aromatic nitrogens is 6. The molecule has 0 saturated heterocycles. The first-order chi connectivity index (χ1) is 16.3. The monoisotopic (exact) mass is 453 g/mol. The van der Waals surface area contributed by atoms with Gasteiger partial charge in [-0.1, -0.05) is 6.92 Å². The van der Waals surface area contributed by atoms with Crippen LogP contribution in [-0.4, -0.2) is 35.6 Å². The van der Waals surface area contributed by atoms with Crippen LogP contribution in [0.25, 0.3) is 33.2 Å². The average molecular weight is 454 g/mol. The molecule has 0 atom stereocenters. The molecule has 4 aromatic heterocycles. The Morgan fingerprint density at radius 3 is 2.59 bits per heavy atom. The van der Waals surface area contributed by atoms with Crippen molar-refractivity contribution in [3.63, 3.8) is 0 Å². The van der Waals surface area contributed by atoms with E-state index in [1.165, 1.54) is 5.56 Å². The quantitative estimate of drug-likeness (QED) is 0.410. The molecule has 1 amide bonds. The molecule has 8 heteroatoms. The molecule has 0 radical (unpaired) electrons. The maximum atomic E-state index is 13.0. The third-order valence-electron chi connectivity index (χ3n) is 6.16. The van der Waals surface area contributed by atoms with Gasteiger partial charge < -0.3 is 4.98 Å². The number of hydrogen-bond donors (Lipinski definition) is 1. The zero-order valence-electron chi connectivity index (χ0n) is 20.3. The SMILES string of the molecule is CCc1cc2ncc(C)c(N(C(C)=O)c3cn(C)nc3C)c2cc1-c1cnc2nc(C)[nH]c2c1. The van der Waals surface area contributed by atoms with Gasteiger partial charge in [-0.05, 0) is 62.1 Å². The zero-order valence-corrected chi connectivity index (χ0v) is 20.3. The first-order valence-corrected chi connectivity index (χ1v) is 11.3. The second kappa shape index (κ2) is 8.06. The van der Waals surface area contributed by atoms with E-state index in [-0.39, 0.29) is 5.91 Å². The lowest BCUT2D eigenvalue weighted by Crippen LogP contribution is -2.24. The second-order valence-corrected chi connectivity index (χ2v) is 8.72. The van der Waals surface area contributed by atoms with E-state index in [0.717, 1.165) is 62.4 Å². The molecule has 5 rings (SSSR count). The molecule has 0 saturated carbocycles. The summed E-state index contributed by atoms with van der Waals surface area (Å²) in [6.45, 7) is 9.53. The molecule has 0 unspecified atom stereocenters. The van der Waals surface area contributed by atoms with E-state index in [1.807, 2.05) is 46.4 Å². The number of benzene rings is 1. The predicted molar refractivity (Wildman–Crippen MR) is 134 cm³/mol. The first kappa shape index (κ1) is 21.8. The number of nitrogens with one attached hydrogen (secondary N) is 1. The number of carbonyl (C=O) groups is 1. The molecule has 1 aromatic carbocycles. The first-order valence-electron chi connectivity index (χ1n) is 11.3. The Morgan fingerprint density at radius 2 is 1.91 bits per heavy atom. The fourth-order valence-electron chi connectivity index (χ4n) is 4.65. The molecule has 172 valence electrons. The number of nitrogens with zero attached hydrogens (tertiary/aromatic N) is 6. The minimum atomic E-state index is -0.0798. The van der Waals surface area contributed by atoms with Crippen molar-refractivity contribution in [3.05, 3.63) is 59.4 Å². The molecule has 5 aromatic rings. The van der Waals surface area contributed by atoms with Crippen LogP contribution in [-0.2, 0) is 18.3 Å². The minimum absolute atomic E-state index is 0.0798. The highest BCUT2D eigenvalue weighted by atomic mass is 16.2. The zero-order chi connectivity index (χ0) is 24.1. The minimum Gasteiger partial charge on any atom is -0.341 e. The maximum absolute atomic E-state index is 13.0. The van der Waals surface area contributed by atoms with Crippen LogP contribution >= 0.6 is 0 Å². The number of fused-ring (bicyclic) bond motifs is 2. The number of pyridine rings is 2. The van der Waals surface area contributed by atoms with Crippen LogP contribution in [0.2, 0.25) is 0 Å². The summed E-state index contributed by atoms with van der Waals surface area (Å²) < 4.78 is 1.73. The predicted octanol–water partition coefficient (Wildman–Crippen LogP) is 5.08. The third-order valence-corrected chi connectivity index (χ3v) is 6.16. The van der Waals surface area contributed by atoms with E-state index >= 15 is 0 Å². The Bertz CT molecular complexity index is 1580. The Morgan fingerprint density at radius 1 is 1.12 bits per heavy atom. The largest absolute Gasteiger partial charge is 0.341 e. The number of amides is 1. The van der Waals surface area contributed by atoms with Gasteiger partial charge in [0, 0.05) is 43.5 Å². The molecule has 0 aliphatic rings. The Hall–Kier alpha value is -4.07. The normalized spacial score (nSPS) is 11.5. The number of aryl methyl sites for hydroxylation is 5. The standard InChI is InChI=1S/C26H27N7O/c1-7-18-8-22-21(10-20(18)19-9-23-26(28-12-19)30-16(4)29-23)25(14(2)11-27-22)33(17(5)34)24-13-32(6)31-15(24)3/h8-13H,7H2,1-6H3,(H,28,29,30). The van der Waals surface area contributed by atoms with Crippen molar-refractivity contribution in [3.8, 4) is 11.1 Å². The summed E-state index contributed by atoms with van der Waals surface area (Å²) in [5.41, 5.74) is 8.97. The lowest BCUT2D eigenvalue weighted by molar-refractivity contribution is -0.115. The van der Waals surface area contributed by atoms with Gasteiger partial charge in [0.1, 0.15) is 5.82 Å². The highest BCUT2D eigenvalue weighted by Gasteiger charge is 2.24. The van der Waals surface area contributed by atoms with Crippen molar-refractivity contribution >= 4 is 39.3 Å². The van der Waals surface area contributed by atoms with Gasteiger partial charge in [0.25, 0.3) is 0 Å². The van der Waals surface area contributed by atoms with Crippen LogP contribution < -0.4 is 4.90 Å². The molecular weight excluding hydrogens is 426 g/mol. The van der Waals surface area contributed by atoms with Crippen molar-refractivity contribution in [1.29, 1.82) is 0 Å². The maximum Gasteiger partial charge on any atom is 0.228 e. The number of imidazole rings is 1. The smallest absolute Gasteiger partial charge is 0.228 e. The number of hydrogen-bond acceptors (Lipinski definition) is 5. The van der Waals surface area contributed by atoms with Crippen LogP contribution in [0.3, 0.4) is 0 Å². The molecule has 0 aliphatic carbocycles. The molecule has 34 heavy (non-hydrogen) atoms. The fraction of sp³-hybridized carbons (Fsp3) is 0.269. The summed E-state index contributed by atoms with van der Waals surface area (Å²) in [6, 6.07) is 6.33. The van der Waals surface area contributed by atoms with E-state index in [2.05, 4.69) is 45.2 Å². The number of carbonyl (C=O) groups excluding carboxylic acids is 1. The Balaban J connectivity index is 1.80. The van der Waals surface area contributed by atoms with Crippen LogP contribution in [0.4, 0.5) is 11.4 Å². The van der Waals surface area contributed by atoms with Crippen molar-refractivity contribution in [2.24, 2.45) is 7.05 Å². The van der Waals surface area contributed by atoms with E-state index in [1.54, 1.807) is 16.5 Å². The fourth-order valence-corrected chi connectivity index (χ4v) is 4.65. The highest BCUT2D eigenvalue weighted by Crippen LogP contribution is 2.39. The highest BCUT2D eigenvalue weighted by molar-refractivity contribution is 6.09. The van der Waals surface area contributed by atoms with Gasteiger partial charge in [0.05, 0.1) is 28.1 Å². The van der Waals surface area contributed by atoms with E-state index in [4.69, 9.17) is 4.98 Å². The Labute approximate surface area is 197 Å². The van der Waals surface area contributed by atoms with Crippen LogP contribution in [0, 0.1) is 20.8 Å². The summed E-state index contributed by atoms with van der Waals surface area (Å²) >= 11 is 0. The lowest BCUT2D eigenvalue weighted by Gasteiger charge is -2.24. The summed E-state index contributed by atoms with van der Waals surface area (Å²) in [6.07, 6.45) is 6.41. The van der Waals surface area contributed by atoms with Crippen molar-refractivity contribution < 1.29 is 4.79 Å². The molecule has 4 heterocycles. The third kappa shape index (κ3) is 3.51. The molecule has 0 fully saturated rings. The van der Waals surface area contributed by atoms with Crippen LogP contribution in [0.5, 0.6) is 0 Å². The van der Waals surface area contributed by atoms with Crippen molar-refractivity contribution in [2.75, 3.05) is 4.90 Å². The topological polar surface area (TPSA) is 92.6 Å². The molecule has 1 N–H and O–H groups in total. The van der Waals surface area contributed by atoms with Gasteiger partial charge in [0.15, 0.2) is 5.65 Å². The van der Waals surface area contributed by atoms with Gasteiger partial charge >= 0.3 is 0 Å². The average Bonchev–Trinajstić information content (AvgIpc) is 3.33. The van der Waals surface area contributed by atoms with E-state index in [9.17, 15) is 4.79 Å². The molecule has 0 spiro atoms. The molecule has 0 aliphatic heterocycles. The molecule has 8 nitrogen and oxygen atoms in total.